The van der Waals surface area contributed by atoms with Gasteiger partial charge in [0.25, 0.3) is 0 Å². The van der Waals surface area contributed by atoms with Gasteiger partial charge in [-0.2, -0.15) is 0 Å². The van der Waals surface area contributed by atoms with Crippen molar-refractivity contribution in [2.45, 2.75) is 13.3 Å². The van der Waals surface area contributed by atoms with E-state index >= 15 is 0 Å². The molecule has 70 valence electrons. The fourth-order valence-electron chi connectivity index (χ4n) is 1.12. The van der Waals surface area contributed by atoms with Gasteiger partial charge in [0, 0.05) is 0 Å². The van der Waals surface area contributed by atoms with Crippen LogP contribution in [-0.4, -0.2) is 11.1 Å². The third kappa shape index (κ3) is 2.20. The van der Waals surface area contributed by atoms with E-state index in [9.17, 15) is 4.79 Å². The molecule has 0 aliphatic carbocycles. The van der Waals surface area contributed by atoms with E-state index in [0.29, 0.717) is 10.3 Å². The maximum absolute atomic E-state index is 10.7. The Kier molecular flexibility index (Phi) is 3.29. The second-order valence-corrected chi connectivity index (χ2v) is 3.73. The zero-order valence-electron chi connectivity index (χ0n) is 7.17. The molecule has 1 unspecified atom stereocenters. The summed E-state index contributed by atoms with van der Waals surface area (Å²) in [6.45, 7) is 2.00. The van der Waals surface area contributed by atoms with Crippen LogP contribution in [0.3, 0.4) is 0 Å². The lowest BCUT2D eigenvalue weighted by atomic mass is 10.1. The summed E-state index contributed by atoms with van der Waals surface area (Å²) >= 11 is 5.81. The molecule has 0 saturated heterocycles. The first-order valence-corrected chi connectivity index (χ1v) is 4.83. The van der Waals surface area contributed by atoms with Crippen LogP contribution in [0.2, 0.25) is 5.02 Å². The van der Waals surface area contributed by atoms with E-state index in [1.165, 1.54) is 0 Å². The summed E-state index contributed by atoms with van der Waals surface area (Å²) < 4.78 is 0. The zero-order valence-corrected chi connectivity index (χ0v) is 9.08. The van der Waals surface area contributed by atoms with Gasteiger partial charge in [-0.05, 0) is 23.4 Å². The molecule has 1 rings (SSSR count). The van der Waals surface area contributed by atoms with Crippen LogP contribution >= 0.6 is 20.8 Å². The van der Waals surface area contributed by atoms with Gasteiger partial charge < -0.3 is 5.11 Å². The van der Waals surface area contributed by atoms with E-state index in [0.717, 1.165) is 12.0 Å². The maximum atomic E-state index is 10.7. The number of hydrogen-bond acceptors (Lipinski definition) is 1. The molecule has 0 radical (unpaired) electrons. The van der Waals surface area contributed by atoms with Crippen LogP contribution in [0, 0.1) is 0 Å². The Morgan fingerprint density at radius 2 is 2.23 bits per heavy atom. The normalized spacial score (nSPS) is 10.1. The maximum Gasteiger partial charge on any atom is 0.337 e. The molecule has 13 heavy (non-hydrogen) atoms. The highest BCUT2D eigenvalue weighted by molar-refractivity contribution is 7.27. The number of carbonyl (C=O) groups is 1. The summed E-state index contributed by atoms with van der Waals surface area (Å²) in [6, 6.07) is 3.51. The van der Waals surface area contributed by atoms with Crippen LogP contribution in [-0.2, 0) is 6.42 Å². The highest BCUT2D eigenvalue weighted by Gasteiger charge is 2.12. The highest BCUT2D eigenvalue weighted by Crippen LogP contribution is 2.18. The molecule has 1 aromatic rings. The lowest BCUT2D eigenvalue weighted by Gasteiger charge is -2.05. The Labute approximate surface area is 84.1 Å². The van der Waals surface area contributed by atoms with Crippen molar-refractivity contribution >= 4 is 32.1 Å². The molecule has 0 fully saturated rings. The Bertz CT molecular complexity index is 326. The minimum atomic E-state index is -0.988. The zero-order chi connectivity index (χ0) is 10.0. The van der Waals surface area contributed by atoms with Crippen molar-refractivity contribution in [3.8, 4) is 0 Å². The molecule has 0 aliphatic rings. The molecule has 0 amide bonds. The predicted octanol–water partition coefficient (Wildman–Crippen LogP) is 2.10. The van der Waals surface area contributed by atoms with E-state index in [1.54, 1.807) is 6.07 Å². The lowest BCUT2D eigenvalue weighted by molar-refractivity contribution is 0.0698. The van der Waals surface area contributed by atoms with Gasteiger partial charge in [-0.3, -0.25) is 0 Å². The van der Waals surface area contributed by atoms with Crippen molar-refractivity contribution in [2.75, 3.05) is 0 Å². The minimum absolute atomic E-state index is 0.170. The Morgan fingerprint density at radius 3 is 2.62 bits per heavy atom. The highest BCUT2D eigenvalue weighted by atomic mass is 35.5. The number of aryl methyl sites for hydroxylation is 1. The van der Waals surface area contributed by atoms with E-state index < -0.39 is 5.97 Å². The third-order valence-corrected chi connectivity index (χ3v) is 2.56. The van der Waals surface area contributed by atoms with Gasteiger partial charge in [0.2, 0.25) is 0 Å². The number of aromatic carboxylic acids is 1. The van der Waals surface area contributed by atoms with Gasteiger partial charge in [0.05, 0.1) is 10.6 Å². The largest absolute Gasteiger partial charge is 0.478 e. The molecular weight excluding hydrogens is 207 g/mol. The van der Waals surface area contributed by atoms with E-state index in [1.807, 2.05) is 13.0 Å². The quantitative estimate of drug-likeness (QED) is 0.769. The van der Waals surface area contributed by atoms with Gasteiger partial charge in [0.1, 0.15) is 0 Å². The van der Waals surface area contributed by atoms with Crippen molar-refractivity contribution < 1.29 is 9.90 Å². The van der Waals surface area contributed by atoms with Gasteiger partial charge >= 0.3 is 5.97 Å². The van der Waals surface area contributed by atoms with Crippen molar-refractivity contribution in [3.63, 3.8) is 0 Å². The average molecular weight is 217 g/mol. The van der Waals surface area contributed by atoms with Crippen molar-refractivity contribution in [3.05, 3.63) is 28.3 Å². The molecule has 0 spiro atoms. The monoisotopic (exact) mass is 216 g/mol. The minimum Gasteiger partial charge on any atom is -0.478 e. The van der Waals surface area contributed by atoms with Gasteiger partial charge in [-0.1, -0.05) is 24.6 Å². The predicted molar refractivity (Wildman–Crippen MR) is 57.1 cm³/mol. The summed E-state index contributed by atoms with van der Waals surface area (Å²) in [5, 5.41) is 9.75. The molecule has 1 atom stereocenters. The van der Waals surface area contributed by atoms with E-state index in [-0.39, 0.29) is 5.56 Å². The first-order chi connectivity index (χ1) is 6.06. The number of carboxylic acids is 1. The molecule has 0 bridgehead atoms. The standard InChI is InChI=1S/C9H10ClO2P/c1-2-5-3-6(10)8(9(11)12)7(13)4-5/h3-4H,2,13H2,1H3,(H,11,12). The van der Waals surface area contributed by atoms with Crippen molar-refractivity contribution in [2.24, 2.45) is 0 Å². The van der Waals surface area contributed by atoms with Crippen molar-refractivity contribution in [1.29, 1.82) is 0 Å². The Morgan fingerprint density at radius 1 is 1.62 bits per heavy atom. The summed E-state index contributed by atoms with van der Waals surface area (Å²) in [5.74, 6) is -0.988. The molecule has 0 heterocycles. The second-order valence-electron chi connectivity index (χ2n) is 2.70. The number of halogens is 1. The van der Waals surface area contributed by atoms with Gasteiger partial charge in [-0.15, -0.1) is 9.24 Å². The molecule has 2 nitrogen and oxygen atoms in total. The van der Waals surface area contributed by atoms with Gasteiger partial charge in [0.15, 0.2) is 0 Å². The molecular formula is C9H10ClO2P. The number of benzene rings is 1. The third-order valence-electron chi connectivity index (χ3n) is 1.80. The molecule has 1 N–H and O–H groups in total. The van der Waals surface area contributed by atoms with E-state index in [4.69, 9.17) is 16.7 Å². The Balaban J connectivity index is 3.31. The molecule has 1 aromatic carbocycles. The Hall–Kier alpha value is -0.590. The van der Waals surface area contributed by atoms with Gasteiger partial charge in [-0.25, -0.2) is 4.79 Å². The number of carboxylic acid groups (broad SMARTS) is 1. The SMILES string of the molecule is CCc1cc(P)c(C(=O)O)c(Cl)c1. The van der Waals surface area contributed by atoms with Crippen LogP contribution in [0.4, 0.5) is 0 Å². The molecule has 0 aromatic heterocycles. The number of rotatable bonds is 2. The number of hydrogen-bond donors (Lipinski definition) is 1. The van der Waals surface area contributed by atoms with E-state index in [2.05, 4.69) is 9.24 Å². The van der Waals surface area contributed by atoms with Crippen LogP contribution < -0.4 is 5.30 Å². The summed E-state index contributed by atoms with van der Waals surface area (Å²) in [5.41, 5.74) is 1.21. The molecule has 0 saturated carbocycles. The summed E-state index contributed by atoms with van der Waals surface area (Å²) in [6.07, 6.45) is 0.848. The smallest absolute Gasteiger partial charge is 0.337 e. The van der Waals surface area contributed by atoms with Crippen LogP contribution in [0.15, 0.2) is 12.1 Å². The van der Waals surface area contributed by atoms with Crippen LogP contribution in [0.25, 0.3) is 0 Å². The molecule has 0 aliphatic heterocycles. The van der Waals surface area contributed by atoms with Crippen molar-refractivity contribution in [1.82, 2.24) is 0 Å². The fraction of sp³-hybridized carbons (Fsp3) is 0.222. The summed E-state index contributed by atoms with van der Waals surface area (Å²) in [4.78, 5) is 10.7. The lowest BCUT2D eigenvalue weighted by Crippen LogP contribution is -2.10. The second kappa shape index (κ2) is 4.08. The van der Waals surface area contributed by atoms with Crippen LogP contribution in [0.1, 0.15) is 22.8 Å². The summed E-state index contributed by atoms with van der Waals surface area (Å²) in [7, 11) is 2.39. The topological polar surface area (TPSA) is 37.3 Å². The first-order valence-electron chi connectivity index (χ1n) is 3.87. The average Bonchev–Trinajstić information content (AvgIpc) is 2.02. The first kappa shape index (κ1) is 10.5. The fourth-order valence-corrected chi connectivity index (χ4v) is 2.03. The van der Waals surface area contributed by atoms with Crippen LogP contribution in [0.5, 0.6) is 0 Å². The molecule has 4 heteroatoms.